The molecule has 146 valence electrons. The average molecular weight is 377 g/mol. The van der Waals surface area contributed by atoms with E-state index in [0.29, 0.717) is 19.0 Å². The fraction of sp³-hybridized carbons (Fsp3) is 0.391. The molecule has 1 amide bonds. The maximum absolute atomic E-state index is 13.1. The van der Waals surface area contributed by atoms with Crippen molar-refractivity contribution in [3.63, 3.8) is 0 Å². The summed E-state index contributed by atoms with van der Waals surface area (Å²) in [5.41, 5.74) is 4.07. The number of likely N-dealkylation sites (N-methyl/N-ethyl adjacent to an activating group) is 1. The Hall–Kier alpha value is -2.66. The third kappa shape index (κ3) is 4.09. The van der Waals surface area contributed by atoms with Crippen molar-refractivity contribution < 1.29 is 4.79 Å². The van der Waals surface area contributed by atoms with Crippen LogP contribution in [-0.2, 0) is 6.42 Å². The van der Waals surface area contributed by atoms with E-state index >= 15 is 0 Å². The van der Waals surface area contributed by atoms with Gasteiger partial charge in [0.15, 0.2) is 0 Å². The SMILES string of the molecule is CCN(CCc1nc2ccccc2[nH]1)C(=O)c1cccc(C2CCCNC2)c1. The van der Waals surface area contributed by atoms with Gasteiger partial charge in [-0.3, -0.25) is 4.79 Å². The van der Waals surface area contributed by atoms with Crippen molar-refractivity contribution in [1.82, 2.24) is 20.2 Å². The zero-order chi connectivity index (χ0) is 19.3. The highest BCUT2D eigenvalue weighted by Crippen LogP contribution is 2.24. The van der Waals surface area contributed by atoms with Gasteiger partial charge in [-0.15, -0.1) is 0 Å². The largest absolute Gasteiger partial charge is 0.342 e. The number of hydrogen-bond donors (Lipinski definition) is 2. The van der Waals surface area contributed by atoms with Gasteiger partial charge in [-0.1, -0.05) is 24.3 Å². The maximum Gasteiger partial charge on any atom is 0.253 e. The van der Waals surface area contributed by atoms with Crippen molar-refractivity contribution in [3.8, 4) is 0 Å². The molecule has 0 saturated carbocycles. The number of rotatable bonds is 6. The van der Waals surface area contributed by atoms with Gasteiger partial charge in [-0.2, -0.15) is 0 Å². The van der Waals surface area contributed by atoms with Crippen molar-refractivity contribution in [3.05, 3.63) is 65.5 Å². The standard InChI is InChI=1S/C23H28N4O/c1-2-27(14-12-22-25-20-10-3-4-11-21(20)26-22)23(28)18-8-5-7-17(15-18)19-9-6-13-24-16-19/h3-5,7-8,10-11,15,19,24H,2,6,9,12-14,16H2,1H3,(H,25,26). The summed E-state index contributed by atoms with van der Waals surface area (Å²) >= 11 is 0. The first-order valence-electron chi connectivity index (χ1n) is 10.3. The summed E-state index contributed by atoms with van der Waals surface area (Å²) in [4.78, 5) is 23.0. The molecule has 28 heavy (non-hydrogen) atoms. The molecule has 1 fully saturated rings. The number of para-hydroxylation sites is 2. The van der Waals surface area contributed by atoms with Crippen molar-refractivity contribution in [2.45, 2.75) is 32.1 Å². The highest BCUT2D eigenvalue weighted by molar-refractivity contribution is 5.94. The molecule has 0 spiro atoms. The first-order valence-corrected chi connectivity index (χ1v) is 10.3. The van der Waals surface area contributed by atoms with Gasteiger partial charge in [0.05, 0.1) is 11.0 Å². The van der Waals surface area contributed by atoms with E-state index in [0.717, 1.165) is 41.9 Å². The fourth-order valence-corrected chi connectivity index (χ4v) is 4.01. The van der Waals surface area contributed by atoms with Gasteiger partial charge >= 0.3 is 0 Å². The van der Waals surface area contributed by atoms with E-state index in [-0.39, 0.29) is 5.91 Å². The van der Waals surface area contributed by atoms with E-state index in [1.807, 2.05) is 48.2 Å². The minimum Gasteiger partial charge on any atom is -0.342 e. The summed E-state index contributed by atoms with van der Waals surface area (Å²) in [5.74, 6) is 1.53. The number of H-pyrrole nitrogens is 1. The maximum atomic E-state index is 13.1. The molecule has 1 atom stereocenters. The second-order valence-corrected chi connectivity index (χ2v) is 7.50. The average Bonchev–Trinajstić information content (AvgIpc) is 3.18. The Balaban J connectivity index is 1.44. The zero-order valence-corrected chi connectivity index (χ0v) is 16.4. The Morgan fingerprint density at radius 3 is 2.89 bits per heavy atom. The zero-order valence-electron chi connectivity index (χ0n) is 16.4. The lowest BCUT2D eigenvalue weighted by molar-refractivity contribution is 0.0765. The topological polar surface area (TPSA) is 61.0 Å². The van der Waals surface area contributed by atoms with Crippen LogP contribution in [0.3, 0.4) is 0 Å². The van der Waals surface area contributed by atoms with Gasteiger partial charge in [0, 0.05) is 31.6 Å². The molecule has 2 N–H and O–H groups in total. The molecule has 2 heterocycles. The molecule has 1 saturated heterocycles. The molecule has 0 radical (unpaired) electrons. The van der Waals surface area contributed by atoms with Gasteiger partial charge in [-0.05, 0) is 62.1 Å². The summed E-state index contributed by atoms with van der Waals surface area (Å²) in [6, 6.07) is 16.2. The molecule has 0 aliphatic carbocycles. The van der Waals surface area contributed by atoms with Crippen LogP contribution in [-0.4, -0.2) is 47.0 Å². The molecule has 1 unspecified atom stereocenters. The van der Waals surface area contributed by atoms with Crippen LogP contribution in [0.1, 0.15) is 47.4 Å². The van der Waals surface area contributed by atoms with Crippen molar-refractivity contribution in [2.75, 3.05) is 26.2 Å². The summed E-state index contributed by atoms with van der Waals surface area (Å²) in [5, 5.41) is 3.46. The summed E-state index contributed by atoms with van der Waals surface area (Å²) in [7, 11) is 0. The van der Waals surface area contributed by atoms with Crippen LogP contribution in [0.2, 0.25) is 0 Å². The minimum atomic E-state index is 0.101. The molecule has 5 nitrogen and oxygen atoms in total. The number of carbonyl (C=O) groups is 1. The number of imidazole rings is 1. The highest BCUT2D eigenvalue weighted by Gasteiger charge is 2.19. The van der Waals surface area contributed by atoms with Crippen molar-refractivity contribution in [2.24, 2.45) is 0 Å². The van der Waals surface area contributed by atoms with Crippen LogP contribution in [0.5, 0.6) is 0 Å². The Kier molecular flexibility index (Phi) is 5.72. The van der Waals surface area contributed by atoms with Gasteiger partial charge in [-0.25, -0.2) is 4.98 Å². The quantitative estimate of drug-likeness (QED) is 0.689. The fourth-order valence-electron chi connectivity index (χ4n) is 4.01. The molecular weight excluding hydrogens is 348 g/mol. The van der Waals surface area contributed by atoms with Gasteiger partial charge in [0.25, 0.3) is 5.91 Å². The lowest BCUT2D eigenvalue weighted by atomic mass is 9.90. The summed E-state index contributed by atoms with van der Waals surface area (Å²) < 4.78 is 0. The van der Waals surface area contributed by atoms with Gasteiger partial charge in [0.2, 0.25) is 0 Å². The molecule has 1 aliphatic heterocycles. The number of aromatic nitrogens is 2. The number of piperidine rings is 1. The van der Waals surface area contributed by atoms with E-state index in [1.165, 1.54) is 18.4 Å². The number of amides is 1. The Labute approximate surface area is 166 Å². The molecule has 5 heteroatoms. The van der Waals surface area contributed by atoms with E-state index in [1.54, 1.807) is 0 Å². The van der Waals surface area contributed by atoms with Crippen LogP contribution in [0.4, 0.5) is 0 Å². The molecule has 4 rings (SSSR count). The molecule has 1 aliphatic rings. The van der Waals surface area contributed by atoms with E-state index in [9.17, 15) is 4.79 Å². The minimum absolute atomic E-state index is 0.101. The summed E-state index contributed by atoms with van der Waals surface area (Å²) in [6.07, 6.45) is 3.11. The lowest BCUT2D eigenvalue weighted by Gasteiger charge is -2.24. The molecular formula is C23H28N4O. The van der Waals surface area contributed by atoms with E-state index in [2.05, 4.69) is 27.4 Å². The monoisotopic (exact) mass is 376 g/mol. The Bertz CT molecular complexity index is 909. The number of fused-ring (bicyclic) bond motifs is 1. The van der Waals surface area contributed by atoms with Crippen molar-refractivity contribution in [1.29, 1.82) is 0 Å². The Morgan fingerprint density at radius 2 is 2.11 bits per heavy atom. The number of carbonyl (C=O) groups excluding carboxylic acids is 1. The predicted molar refractivity (Wildman–Crippen MR) is 113 cm³/mol. The normalized spacial score (nSPS) is 17.0. The molecule has 3 aromatic rings. The number of nitrogens with zero attached hydrogens (tertiary/aromatic N) is 2. The highest BCUT2D eigenvalue weighted by atomic mass is 16.2. The molecule has 1 aromatic heterocycles. The second kappa shape index (κ2) is 8.57. The summed E-state index contributed by atoms with van der Waals surface area (Å²) in [6.45, 7) is 5.48. The van der Waals surface area contributed by atoms with E-state index in [4.69, 9.17) is 0 Å². The predicted octanol–water partition coefficient (Wildman–Crippen LogP) is 3.73. The smallest absolute Gasteiger partial charge is 0.253 e. The van der Waals surface area contributed by atoms with Gasteiger partial charge < -0.3 is 15.2 Å². The second-order valence-electron chi connectivity index (χ2n) is 7.50. The first-order chi connectivity index (χ1) is 13.7. The van der Waals surface area contributed by atoms with Crippen LogP contribution in [0.25, 0.3) is 11.0 Å². The molecule has 0 bridgehead atoms. The van der Waals surface area contributed by atoms with E-state index < -0.39 is 0 Å². The van der Waals surface area contributed by atoms with Crippen LogP contribution in [0.15, 0.2) is 48.5 Å². The third-order valence-electron chi connectivity index (χ3n) is 5.63. The van der Waals surface area contributed by atoms with Gasteiger partial charge in [0.1, 0.15) is 5.82 Å². The third-order valence-corrected chi connectivity index (χ3v) is 5.63. The number of nitrogens with one attached hydrogen (secondary N) is 2. The van der Waals surface area contributed by atoms with Crippen LogP contribution in [0, 0.1) is 0 Å². The first kappa shape index (κ1) is 18.7. The number of hydrogen-bond acceptors (Lipinski definition) is 3. The van der Waals surface area contributed by atoms with Crippen LogP contribution >= 0.6 is 0 Å². The Morgan fingerprint density at radius 1 is 1.21 bits per heavy atom. The number of aromatic amines is 1. The van der Waals surface area contributed by atoms with Crippen LogP contribution < -0.4 is 5.32 Å². The van der Waals surface area contributed by atoms with Crippen molar-refractivity contribution >= 4 is 16.9 Å². The molecule has 2 aromatic carbocycles. The lowest BCUT2D eigenvalue weighted by Crippen LogP contribution is -2.33. The number of benzene rings is 2.